The lowest BCUT2D eigenvalue weighted by molar-refractivity contribution is 0.102. The summed E-state index contributed by atoms with van der Waals surface area (Å²) in [5, 5.41) is 2.77. The van der Waals surface area contributed by atoms with Gasteiger partial charge >= 0.3 is 5.69 Å². The van der Waals surface area contributed by atoms with Crippen LogP contribution in [0.4, 0.5) is 11.4 Å². The van der Waals surface area contributed by atoms with Gasteiger partial charge in [0.25, 0.3) is 5.91 Å². The molecule has 21 heavy (non-hydrogen) atoms. The van der Waals surface area contributed by atoms with E-state index in [4.69, 9.17) is 5.73 Å². The van der Waals surface area contributed by atoms with Gasteiger partial charge in [-0.15, -0.1) is 0 Å². The van der Waals surface area contributed by atoms with Crippen LogP contribution in [0.2, 0.25) is 0 Å². The van der Waals surface area contributed by atoms with E-state index < -0.39 is 0 Å². The van der Waals surface area contributed by atoms with E-state index in [1.54, 1.807) is 36.4 Å². The van der Waals surface area contributed by atoms with Crippen molar-refractivity contribution in [3.63, 3.8) is 0 Å². The predicted octanol–water partition coefficient (Wildman–Crippen LogP) is 2.45. The molecule has 2 aromatic carbocycles. The average Bonchev–Trinajstić information content (AvgIpc) is 2.81. The maximum Gasteiger partial charge on any atom is 0.323 e. The highest BCUT2D eigenvalue weighted by atomic mass is 79.9. The van der Waals surface area contributed by atoms with Crippen molar-refractivity contribution < 1.29 is 4.79 Å². The van der Waals surface area contributed by atoms with Gasteiger partial charge in [0.1, 0.15) is 0 Å². The number of carbonyl (C=O) groups is 1. The van der Waals surface area contributed by atoms with E-state index >= 15 is 0 Å². The number of H-pyrrole nitrogens is 2. The van der Waals surface area contributed by atoms with Crippen molar-refractivity contribution >= 4 is 44.2 Å². The van der Waals surface area contributed by atoms with Crippen LogP contribution in [0.5, 0.6) is 0 Å². The monoisotopic (exact) mass is 346 g/mol. The summed E-state index contributed by atoms with van der Waals surface area (Å²) in [5.74, 6) is -0.257. The van der Waals surface area contributed by atoms with E-state index in [0.29, 0.717) is 32.4 Å². The maximum atomic E-state index is 12.2. The molecule has 1 amide bonds. The number of aromatic amines is 2. The summed E-state index contributed by atoms with van der Waals surface area (Å²) in [6.07, 6.45) is 0. The molecule has 0 fully saturated rings. The molecule has 5 N–H and O–H groups in total. The molecule has 7 heteroatoms. The quantitative estimate of drug-likeness (QED) is 0.535. The highest BCUT2D eigenvalue weighted by Gasteiger charge is 2.09. The third-order valence-corrected chi connectivity index (χ3v) is 3.72. The number of rotatable bonds is 2. The van der Waals surface area contributed by atoms with Crippen LogP contribution in [0.25, 0.3) is 11.0 Å². The smallest absolute Gasteiger partial charge is 0.323 e. The largest absolute Gasteiger partial charge is 0.398 e. The molecule has 0 saturated carbocycles. The number of nitrogens with one attached hydrogen (secondary N) is 3. The zero-order chi connectivity index (χ0) is 15.0. The van der Waals surface area contributed by atoms with E-state index in [-0.39, 0.29) is 11.6 Å². The van der Waals surface area contributed by atoms with Gasteiger partial charge < -0.3 is 21.0 Å². The van der Waals surface area contributed by atoms with Crippen molar-refractivity contribution in [2.24, 2.45) is 0 Å². The van der Waals surface area contributed by atoms with Crippen molar-refractivity contribution in [2.75, 3.05) is 11.1 Å². The first-order valence-corrected chi connectivity index (χ1v) is 6.90. The average molecular weight is 347 g/mol. The molecule has 0 aliphatic carbocycles. The Kier molecular flexibility index (Phi) is 3.26. The molecule has 106 valence electrons. The minimum absolute atomic E-state index is 0.257. The molecule has 0 aliphatic heterocycles. The number of aromatic nitrogens is 2. The van der Waals surface area contributed by atoms with Crippen molar-refractivity contribution in [1.29, 1.82) is 0 Å². The van der Waals surface area contributed by atoms with Gasteiger partial charge in [0.05, 0.1) is 11.0 Å². The first-order valence-electron chi connectivity index (χ1n) is 6.11. The summed E-state index contributed by atoms with van der Waals surface area (Å²) in [5.41, 5.74) is 8.38. The number of fused-ring (bicyclic) bond motifs is 1. The third-order valence-electron chi connectivity index (χ3n) is 3.04. The Bertz CT molecular complexity index is 897. The summed E-state index contributed by atoms with van der Waals surface area (Å²) in [7, 11) is 0. The van der Waals surface area contributed by atoms with Crippen LogP contribution in [0, 0.1) is 0 Å². The van der Waals surface area contributed by atoms with Gasteiger partial charge in [-0.25, -0.2) is 4.79 Å². The number of hydrogen-bond donors (Lipinski definition) is 4. The number of anilines is 2. The summed E-state index contributed by atoms with van der Waals surface area (Å²) in [4.78, 5) is 28.6. The van der Waals surface area contributed by atoms with Gasteiger partial charge in [0, 0.05) is 21.4 Å². The normalized spacial score (nSPS) is 10.7. The van der Waals surface area contributed by atoms with E-state index in [2.05, 4.69) is 31.2 Å². The minimum atomic E-state index is -0.282. The van der Waals surface area contributed by atoms with Crippen molar-refractivity contribution in [2.45, 2.75) is 0 Å². The second-order valence-electron chi connectivity index (χ2n) is 4.53. The molecule has 0 atom stereocenters. The number of halogens is 1. The standard InChI is InChI=1S/C14H11BrN4O2/c15-9-5-7(1-3-10(9)16)13(20)17-8-2-4-11-12(6-8)19-14(21)18-11/h1-6H,16H2,(H,17,20)(H2,18,19,21). The molecule has 1 aromatic heterocycles. The van der Waals surface area contributed by atoms with Gasteiger partial charge in [-0.2, -0.15) is 0 Å². The van der Waals surface area contributed by atoms with Crippen LogP contribution in [0.1, 0.15) is 10.4 Å². The molecular weight excluding hydrogens is 336 g/mol. The number of hydrogen-bond acceptors (Lipinski definition) is 3. The lowest BCUT2D eigenvalue weighted by Gasteiger charge is -2.06. The van der Waals surface area contributed by atoms with Gasteiger partial charge in [-0.1, -0.05) is 0 Å². The van der Waals surface area contributed by atoms with Crippen molar-refractivity contribution in [1.82, 2.24) is 9.97 Å². The SMILES string of the molecule is Nc1ccc(C(=O)Nc2ccc3[nH]c(=O)[nH]c3c2)cc1Br. The second kappa shape index (κ2) is 5.10. The first kappa shape index (κ1) is 13.4. The Morgan fingerprint density at radius 1 is 1.10 bits per heavy atom. The molecule has 0 radical (unpaired) electrons. The number of carbonyl (C=O) groups excluding carboxylic acids is 1. The first-order chi connectivity index (χ1) is 10.0. The van der Waals surface area contributed by atoms with Crippen LogP contribution in [0.3, 0.4) is 0 Å². The highest BCUT2D eigenvalue weighted by molar-refractivity contribution is 9.10. The van der Waals surface area contributed by atoms with Crippen molar-refractivity contribution in [3.05, 3.63) is 56.9 Å². The number of nitrogen functional groups attached to an aromatic ring is 1. The molecule has 3 aromatic rings. The summed E-state index contributed by atoms with van der Waals surface area (Å²) in [6.45, 7) is 0. The van der Waals surface area contributed by atoms with Crippen LogP contribution in [-0.2, 0) is 0 Å². The Balaban J connectivity index is 1.88. The molecule has 0 aliphatic rings. The summed E-state index contributed by atoms with van der Waals surface area (Å²) >= 11 is 3.29. The van der Waals surface area contributed by atoms with Gasteiger partial charge in [-0.05, 0) is 52.3 Å². The van der Waals surface area contributed by atoms with E-state index in [1.807, 2.05) is 0 Å². The van der Waals surface area contributed by atoms with Crippen LogP contribution in [-0.4, -0.2) is 15.9 Å². The molecule has 1 heterocycles. The van der Waals surface area contributed by atoms with Crippen LogP contribution >= 0.6 is 15.9 Å². The molecule has 0 unspecified atom stereocenters. The fraction of sp³-hybridized carbons (Fsp3) is 0. The van der Waals surface area contributed by atoms with Crippen molar-refractivity contribution in [3.8, 4) is 0 Å². The molecular formula is C14H11BrN4O2. The number of benzene rings is 2. The van der Waals surface area contributed by atoms with E-state index in [1.165, 1.54) is 0 Å². The zero-order valence-electron chi connectivity index (χ0n) is 10.7. The number of nitrogens with two attached hydrogens (primary N) is 1. The summed E-state index contributed by atoms with van der Waals surface area (Å²) < 4.78 is 0.667. The fourth-order valence-electron chi connectivity index (χ4n) is 1.98. The van der Waals surface area contributed by atoms with Gasteiger partial charge in [-0.3, -0.25) is 4.79 Å². The molecule has 3 rings (SSSR count). The Morgan fingerprint density at radius 3 is 2.62 bits per heavy atom. The maximum absolute atomic E-state index is 12.2. The second-order valence-corrected chi connectivity index (χ2v) is 5.38. The van der Waals surface area contributed by atoms with E-state index in [0.717, 1.165) is 0 Å². The lowest BCUT2D eigenvalue weighted by atomic mass is 10.2. The molecule has 0 bridgehead atoms. The summed E-state index contributed by atoms with van der Waals surface area (Å²) in [6, 6.07) is 10.1. The Hall–Kier alpha value is -2.54. The molecule has 6 nitrogen and oxygen atoms in total. The fourth-order valence-corrected chi connectivity index (χ4v) is 2.36. The zero-order valence-corrected chi connectivity index (χ0v) is 12.3. The van der Waals surface area contributed by atoms with Gasteiger partial charge in [0.2, 0.25) is 0 Å². The topological polar surface area (TPSA) is 104 Å². The Labute approximate surface area is 127 Å². The number of imidazole rings is 1. The lowest BCUT2D eigenvalue weighted by Crippen LogP contribution is -2.12. The minimum Gasteiger partial charge on any atom is -0.398 e. The highest BCUT2D eigenvalue weighted by Crippen LogP contribution is 2.21. The third kappa shape index (κ3) is 2.68. The Morgan fingerprint density at radius 2 is 1.86 bits per heavy atom. The van der Waals surface area contributed by atoms with E-state index in [9.17, 15) is 9.59 Å². The van der Waals surface area contributed by atoms with Crippen LogP contribution in [0.15, 0.2) is 45.7 Å². The molecule has 0 spiro atoms. The molecule has 0 saturated heterocycles. The number of amides is 1. The predicted molar refractivity (Wildman–Crippen MR) is 85.4 cm³/mol. The van der Waals surface area contributed by atoms with Gasteiger partial charge in [0.15, 0.2) is 0 Å². The van der Waals surface area contributed by atoms with Crippen LogP contribution < -0.4 is 16.7 Å².